The van der Waals surface area contributed by atoms with Crippen LogP contribution in [0.4, 0.5) is 0 Å². The maximum absolute atomic E-state index is 12.5. The van der Waals surface area contributed by atoms with Crippen LogP contribution in [-0.2, 0) is 16.3 Å². The minimum Gasteiger partial charge on any atom is -0.323 e. The van der Waals surface area contributed by atoms with Crippen molar-refractivity contribution < 1.29 is 8.42 Å². The third-order valence-corrected chi connectivity index (χ3v) is 6.36. The molecule has 0 spiro atoms. The van der Waals surface area contributed by atoms with Crippen molar-refractivity contribution in [2.24, 2.45) is 11.7 Å². The molecule has 0 heterocycles. The molecule has 2 atom stereocenters. The molecule has 1 aromatic rings. The van der Waals surface area contributed by atoms with E-state index in [4.69, 9.17) is 5.73 Å². The first-order valence-electron chi connectivity index (χ1n) is 6.97. The molecule has 4 heteroatoms. The molecule has 19 heavy (non-hydrogen) atoms. The summed E-state index contributed by atoms with van der Waals surface area (Å²) in [6, 6.07) is 7.59. The van der Waals surface area contributed by atoms with E-state index in [-0.39, 0.29) is 17.7 Å². The van der Waals surface area contributed by atoms with Crippen molar-refractivity contribution >= 4 is 9.84 Å². The van der Waals surface area contributed by atoms with Gasteiger partial charge in [0, 0.05) is 6.04 Å². The van der Waals surface area contributed by atoms with E-state index in [1.807, 2.05) is 32.0 Å². The van der Waals surface area contributed by atoms with Crippen LogP contribution in [0.1, 0.15) is 43.9 Å². The quantitative estimate of drug-likeness (QED) is 0.866. The lowest BCUT2D eigenvalue weighted by molar-refractivity contribution is 0.531. The topological polar surface area (TPSA) is 60.2 Å². The van der Waals surface area contributed by atoms with E-state index in [0.717, 1.165) is 18.4 Å². The second-order valence-electron chi connectivity index (χ2n) is 5.88. The van der Waals surface area contributed by atoms with Crippen molar-refractivity contribution in [3.8, 4) is 0 Å². The third kappa shape index (κ3) is 3.18. The van der Waals surface area contributed by atoms with Gasteiger partial charge in [0.25, 0.3) is 0 Å². The average molecular weight is 281 g/mol. The van der Waals surface area contributed by atoms with Crippen molar-refractivity contribution in [3.05, 3.63) is 35.4 Å². The number of fused-ring (bicyclic) bond motifs is 1. The number of nitrogens with two attached hydrogens (primary N) is 1. The number of hydrogen-bond acceptors (Lipinski definition) is 3. The van der Waals surface area contributed by atoms with Crippen LogP contribution in [0.2, 0.25) is 0 Å². The summed E-state index contributed by atoms with van der Waals surface area (Å²) >= 11 is 0. The first-order valence-corrected chi connectivity index (χ1v) is 8.68. The normalized spacial score (nSPS) is 24.0. The highest BCUT2D eigenvalue weighted by Gasteiger charge is 2.34. The molecule has 0 saturated heterocycles. The number of sulfone groups is 1. The molecule has 0 bridgehead atoms. The van der Waals surface area contributed by atoms with Crippen LogP contribution in [0.25, 0.3) is 0 Å². The van der Waals surface area contributed by atoms with Crippen molar-refractivity contribution in [2.45, 2.75) is 44.4 Å². The lowest BCUT2D eigenvalue weighted by atomic mass is 10.00. The van der Waals surface area contributed by atoms with Crippen LogP contribution in [0.3, 0.4) is 0 Å². The maximum atomic E-state index is 12.5. The van der Waals surface area contributed by atoms with Gasteiger partial charge in [-0.3, -0.25) is 0 Å². The SMILES string of the molecule is CC(C)CS(=O)(=O)C1CCCc2ccccc2C1N. The molecular weight excluding hydrogens is 258 g/mol. The van der Waals surface area contributed by atoms with Crippen molar-refractivity contribution in [1.29, 1.82) is 0 Å². The Bertz CT molecular complexity index is 537. The van der Waals surface area contributed by atoms with Crippen molar-refractivity contribution in [1.82, 2.24) is 0 Å². The monoisotopic (exact) mass is 281 g/mol. The molecule has 2 unspecified atom stereocenters. The van der Waals surface area contributed by atoms with Gasteiger partial charge < -0.3 is 5.73 Å². The maximum Gasteiger partial charge on any atom is 0.155 e. The fourth-order valence-electron chi connectivity index (χ4n) is 2.95. The molecule has 1 aromatic carbocycles. The molecule has 2 N–H and O–H groups in total. The van der Waals surface area contributed by atoms with Crippen LogP contribution in [0.15, 0.2) is 24.3 Å². The predicted molar refractivity (Wildman–Crippen MR) is 78.7 cm³/mol. The van der Waals surface area contributed by atoms with E-state index in [1.54, 1.807) is 0 Å². The molecule has 0 amide bonds. The Balaban J connectivity index is 2.34. The van der Waals surface area contributed by atoms with Gasteiger partial charge in [-0.1, -0.05) is 38.1 Å². The number of rotatable bonds is 3. The van der Waals surface area contributed by atoms with Crippen LogP contribution in [0, 0.1) is 5.92 Å². The molecule has 1 aliphatic rings. The van der Waals surface area contributed by atoms with Gasteiger partial charge in [0.15, 0.2) is 9.84 Å². The molecule has 2 rings (SSSR count). The summed E-state index contributed by atoms with van der Waals surface area (Å²) in [4.78, 5) is 0. The molecule has 0 radical (unpaired) electrons. The van der Waals surface area contributed by atoms with Gasteiger partial charge in [-0.05, 0) is 36.3 Å². The molecule has 0 aliphatic heterocycles. The van der Waals surface area contributed by atoms with E-state index >= 15 is 0 Å². The van der Waals surface area contributed by atoms with Gasteiger partial charge in [0.1, 0.15) is 0 Å². The Morgan fingerprint density at radius 1 is 1.32 bits per heavy atom. The first-order chi connectivity index (χ1) is 8.92. The zero-order valence-electron chi connectivity index (χ0n) is 11.7. The summed E-state index contributed by atoms with van der Waals surface area (Å²) in [5, 5.41) is -0.432. The smallest absolute Gasteiger partial charge is 0.155 e. The van der Waals surface area contributed by atoms with E-state index in [2.05, 4.69) is 6.07 Å². The van der Waals surface area contributed by atoms with Gasteiger partial charge in [-0.15, -0.1) is 0 Å². The third-order valence-electron chi connectivity index (χ3n) is 3.78. The molecule has 0 aromatic heterocycles. The van der Waals surface area contributed by atoms with Crippen LogP contribution >= 0.6 is 0 Å². The number of benzene rings is 1. The fraction of sp³-hybridized carbons (Fsp3) is 0.600. The number of aryl methyl sites for hydroxylation is 1. The zero-order valence-corrected chi connectivity index (χ0v) is 12.5. The minimum absolute atomic E-state index is 0.149. The summed E-state index contributed by atoms with van der Waals surface area (Å²) in [7, 11) is -3.12. The molecule has 0 fully saturated rings. The van der Waals surface area contributed by atoms with Gasteiger partial charge in [-0.25, -0.2) is 8.42 Å². The predicted octanol–water partition coefficient (Wildman–Crippen LogP) is 2.46. The van der Waals surface area contributed by atoms with E-state index in [9.17, 15) is 8.42 Å². The Morgan fingerprint density at radius 3 is 2.68 bits per heavy atom. The minimum atomic E-state index is -3.12. The van der Waals surface area contributed by atoms with Gasteiger partial charge in [-0.2, -0.15) is 0 Å². The highest BCUT2D eigenvalue weighted by atomic mass is 32.2. The molecule has 1 aliphatic carbocycles. The molecule has 106 valence electrons. The Morgan fingerprint density at radius 2 is 2.00 bits per heavy atom. The summed E-state index contributed by atoms with van der Waals surface area (Å²) < 4.78 is 25.0. The average Bonchev–Trinajstić information content (AvgIpc) is 2.48. The van der Waals surface area contributed by atoms with E-state index < -0.39 is 15.1 Å². The molecule has 3 nitrogen and oxygen atoms in total. The highest BCUT2D eigenvalue weighted by Crippen LogP contribution is 2.32. The van der Waals surface area contributed by atoms with Crippen molar-refractivity contribution in [2.75, 3.05) is 5.75 Å². The van der Waals surface area contributed by atoms with Gasteiger partial charge >= 0.3 is 0 Å². The fourth-order valence-corrected chi connectivity index (χ4v) is 5.25. The summed E-state index contributed by atoms with van der Waals surface area (Å²) in [6.45, 7) is 3.88. The highest BCUT2D eigenvalue weighted by molar-refractivity contribution is 7.92. The van der Waals surface area contributed by atoms with Crippen LogP contribution < -0.4 is 5.73 Å². The standard InChI is InChI=1S/C15H23NO2S/c1-11(2)10-19(17,18)14-9-5-7-12-6-3-4-8-13(12)15(14)16/h3-4,6,8,11,14-15H,5,7,9-10,16H2,1-2H3. The Labute approximate surface area is 116 Å². The molecular formula is C15H23NO2S. The lowest BCUT2D eigenvalue weighted by Gasteiger charge is -2.24. The van der Waals surface area contributed by atoms with Crippen molar-refractivity contribution in [3.63, 3.8) is 0 Å². The van der Waals surface area contributed by atoms with Gasteiger partial charge in [0.05, 0.1) is 11.0 Å². The summed E-state index contributed by atoms with van der Waals surface area (Å²) in [5.41, 5.74) is 8.49. The van der Waals surface area contributed by atoms with Gasteiger partial charge in [0.2, 0.25) is 0 Å². The van der Waals surface area contributed by atoms with Crippen LogP contribution in [-0.4, -0.2) is 19.4 Å². The molecule has 0 saturated carbocycles. The largest absolute Gasteiger partial charge is 0.323 e. The second kappa shape index (κ2) is 5.63. The first kappa shape index (κ1) is 14.5. The van der Waals surface area contributed by atoms with E-state index in [0.29, 0.717) is 6.42 Å². The number of hydrogen-bond donors (Lipinski definition) is 1. The Kier molecular flexibility index (Phi) is 4.31. The summed E-state index contributed by atoms with van der Waals surface area (Å²) in [6.07, 6.45) is 2.50. The second-order valence-corrected chi connectivity index (χ2v) is 8.14. The van der Waals surface area contributed by atoms with Crippen LogP contribution in [0.5, 0.6) is 0 Å². The zero-order chi connectivity index (χ0) is 14.0. The Hall–Kier alpha value is -0.870. The summed E-state index contributed by atoms with van der Waals surface area (Å²) in [5.74, 6) is 0.378. The van der Waals surface area contributed by atoms with E-state index in [1.165, 1.54) is 5.56 Å². The lowest BCUT2D eigenvalue weighted by Crippen LogP contribution is -2.35.